The van der Waals surface area contributed by atoms with Crippen molar-refractivity contribution in [2.75, 3.05) is 13.1 Å². The molecular formula is C28H36N2S. The topological polar surface area (TPSA) is 38.0 Å². The number of fused-ring (bicyclic) bond motifs is 1. The van der Waals surface area contributed by atoms with E-state index in [4.69, 9.17) is 5.73 Å². The van der Waals surface area contributed by atoms with Crippen molar-refractivity contribution in [3.05, 3.63) is 83.0 Å². The number of hydrogen-bond donors (Lipinski definition) is 2. The van der Waals surface area contributed by atoms with Crippen molar-refractivity contribution in [2.45, 2.75) is 53.0 Å². The van der Waals surface area contributed by atoms with E-state index in [9.17, 15) is 0 Å². The zero-order valence-corrected chi connectivity index (χ0v) is 20.2. The predicted octanol–water partition coefficient (Wildman–Crippen LogP) is 7.08. The second-order valence-electron chi connectivity index (χ2n) is 8.41. The fourth-order valence-electron chi connectivity index (χ4n) is 3.82. The molecule has 0 bridgehead atoms. The molecule has 2 aromatic carbocycles. The minimum Gasteiger partial charge on any atom is -0.324 e. The number of benzene rings is 2. The summed E-state index contributed by atoms with van der Waals surface area (Å²) in [4.78, 5) is 1.41. The van der Waals surface area contributed by atoms with Gasteiger partial charge in [-0.1, -0.05) is 67.1 Å². The summed E-state index contributed by atoms with van der Waals surface area (Å²) in [5, 5.41) is 4.78. The highest BCUT2D eigenvalue weighted by atomic mass is 32.1. The van der Waals surface area contributed by atoms with Crippen molar-refractivity contribution in [2.24, 2.45) is 5.73 Å². The molecule has 0 amide bonds. The van der Waals surface area contributed by atoms with Crippen LogP contribution in [0.1, 0.15) is 42.9 Å². The van der Waals surface area contributed by atoms with Crippen molar-refractivity contribution >= 4 is 21.4 Å². The third kappa shape index (κ3) is 6.39. The summed E-state index contributed by atoms with van der Waals surface area (Å²) in [6.45, 7) is 11.0. The van der Waals surface area contributed by atoms with Crippen LogP contribution in [-0.2, 0) is 0 Å². The summed E-state index contributed by atoms with van der Waals surface area (Å²) < 4.78 is 1.39. The minimum atomic E-state index is 0.243. The SMILES string of the molecule is CCCNCCC1=CCC(N)C=C1.Cc1ccc2c(C)c(-c3ccccc3C)sc2c1. The Kier molecular flexibility index (Phi) is 8.65. The molecular weight excluding hydrogens is 396 g/mol. The number of aryl methyl sites for hydroxylation is 3. The summed E-state index contributed by atoms with van der Waals surface area (Å²) in [5.41, 5.74) is 12.6. The Morgan fingerprint density at radius 3 is 2.58 bits per heavy atom. The van der Waals surface area contributed by atoms with E-state index < -0.39 is 0 Å². The molecule has 31 heavy (non-hydrogen) atoms. The van der Waals surface area contributed by atoms with Crippen LogP contribution >= 0.6 is 11.3 Å². The number of thiophene rings is 1. The van der Waals surface area contributed by atoms with Crippen molar-refractivity contribution < 1.29 is 0 Å². The number of allylic oxidation sites excluding steroid dienone is 1. The van der Waals surface area contributed by atoms with Gasteiger partial charge in [-0.25, -0.2) is 0 Å². The van der Waals surface area contributed by atoms with Crippen LogP contribution in [0.2, 0.25) is 0 Å². The van der Waals surface area contributed by atoms with E-state index in [0.717, 1.165) is 25.9 Å². The molecule has 3 heteroatoms. The van der Waals surface area contributed by atoms with E-state index in [1.807, 2.05) is 11.3 Å². The zero-order valence-electron chi connectivity index (χ0n) is 19.4. The van der Waals surface area contributed by atoms with Crippen LogP contribution in [0.4, 0.5) is 0 Å². The lowest BCUT2D eigenvalue weighted by Crippen LogP contribution is -2.19. The Balaban J connectivity index is 0.000000187. The van der Waals surface area contributed by atoms with E-state index in [2.05, 4.69) is 93.7 Å². The van der Waals surface area contributed by atoms with Crippen molar-refractivity contribution in [3.63, 3.8) is 0 Å². The third-order valence-electron chi connectivity index (χ3n) is 5.71. The molecule has 1 atom stereocenters. The maximum Gasteiger partial charge on any atom is 0.0387 e. The van der Waals surface area contributed by atoms with Crippen LogP contribution < -0.4 is 11.1 Å². The Morgan fingerprint density at radius 1 is 1.06 bits per heavy atom. The highest BCUT2D eigenvalue weighted by Gasteiger charge is 2.11. The van der Waals surface area contributed by atoms with Gasteiger partial charge in [-0.05, 0) is 86.8 Å². The molecule has 1 aliphatic rings. The lowest BCUT2D eigenvalue weighted by molar-refractivity contribution is 0.668. The fourth-order valence-corrected chi connectivity index (χ4v) is 5.22. The van der Waals surface area contributed by atoms with Gasteiger partial charge in [0.1, 0.15) is 0 Å². The Morgan fingerprint density at radius 2 is 1.87 bits per heavy atom. The van der Waals surface area contributed by atoms with Crippen molar-refractivity contribution in [3.8, 4) is 10.4 Å². The molecule has 0 aliphatic heterocycles. The number of nitrogens with two attached hydrogens (primary N) is 1. The molecule has 164 valence electrons. The second kappa shape index (κ2) is 11.4. The van der Waals surface area contributed by atoms with Crippen molar-refractivity contribution in [1.82, 2.24) is 5.32 Å². The zero-order chi connectivity index (χ0) is 22.2. The summed E-state index contributed by atoms with van der Waals surface area (Å²) in [7, 11) is 0. The molecule has 0 radical (unpaired) electrons. The first-order chi connectivity index (χ1) is 15.0. The molecule has 0 fully saturated rings. The molecule has 4 rings (SSSR count). The fraction of sp³-hybridized carbons (Fsp3) is 0.357. The van der Waals surface area contributed by atoms with Gasteiger partial charge in [0.2, 0.25) is 0 Å². The first-order valence-corrected chi connectivity index (χ1v) is 12.2. The van der Waals surface area contributed by atoms with Gasteiger partial charge in [0.15, 0.2) is 0 Å². The van der Waals surface area contributed by atoms with Crippen LogP contribution in [0.25, 0.3) is 20.5 Å². The number of rotatable bonds is 6. The third-order valence-corrected chi connectivity index (χ3v) is 7.00. The van der Waals surface area contributed by atoms with Crippen LogP contribution in [0.5, 0.6) is 0 Å². The molecule has 1 aromatic heterocycles. The maximum atomic E-state index is 5.73. The molecule has 1 heterocycles. The smallest absolute Gasteiger partial charge is 0.0387 e. The number of hydrogen-bond acceptors (Lipinski definition) is 3. The number of nitrogens with one attached hydrogen (secondary N) is 1. The predicted molar refractivity (Wildman–Crippen MR) is 139 cm³/mol. The van der Waals surface area contributed by atoms with E-state index >= 15 is 0 Å². The normalized spacial score (nSPS) is 15.5. The van der Waals surface area contributed by atoms with Gasteiger partial charge >= 0.3 is 0 Å². The molecule has 1 aliphatic carbocycles. The molecule has 0 saturated heterocycles. The summed E-state index contributed by atoms with van der Waals surface area (Å²) in [6.07, 6.45) is 9.83. The monoisotopic (exact) mass is 432 g/mol. The van der Waals surface area contributed by atoms with E-state index in [-0.39, 0.29) is 6.04 Å². The summed E-state index contributed by atoms with van der Waals surface area (Å²) in [6, 6.07) is 15.6. The highest BCUT2D eigenvalue weighted by Crippen LogP contribution is 2.39. The second-order valence-corrected chi connectivity index (χ2v) is 9.46. The Labute approximate surface area is 191 Å². The van der Waals surface area contributed by atoms with Gasteiger partial charge < -0.3 is 11.1 Å². The van der Waals surface area contributed by atoms with Gasteiger partial charge in [0.05, 0.1) is 0 Å². The largest absolute Gasteiger partial charge is 0.324 e. The maximum absolute atomic E-state index is 5.73. The van der Waals surface area contributed by atoms with E-state index in [1.165, 1.54) is 49.2 Å². The summed E-state index contributed by atoms with van der Waals surface area (Å²) >= 11 is 1.91. The van der Waals surface area contributed by atoms with Crippen LogP contribution in [0.15, 0.2) is 66.3 Å². The Hall–Kier alpha value is -2.20. The molecule has 0 saturated carbocycles. The average molecular weight is 433 g/mol. The first kappa shape index (κ1) is 23.5. The molecule has 3 aromatic rings. The van der Waals surface area contributed by atoms with Gasteiger partial charge in [-0.2, -0.15) is 0 Å². The Bertz CT molecular complexity index is 1060. The molecule has 0 spiro atoms. The van der Waals surface area contributed by atoms with Gasteiger partial charge in [0, 0.05) is 15.6 Å². The molecule has 3 N–H and O–H groups in total. The van der Waals surface area contributed by atoms with Gasteiger partial charge in [-0.15, -0.1) is 11.3 Å². The first-order valence-electron chi connectivity index (χ1n) is 11.4. The van der Waals surface area contributed by atoms with E-state index in [1.54, 1.807) is 0 Å². The lowest BCUT2D eigenvalue weighted by atomic mass is 10.0. The van der Waals surface area contributed by atoms with Crippen LogP contribution in [0.3, 0.4) is 0 Å². The van der Waals surface area contributed by atoms with Gasteiger partial charge in [0.25, 0.3) is 0 Å². The average Bonchev–Trinajstić information content (AvgIpc) is 3.09. The van der Waals surface area contributed by atoms with E-state index in [0.29, 0.717) is 0 Å². The van der Waals surface area contributed by atoms with Crippen molar-refractivity contribution in [1.29, 1.82) is 0 Å². The quantitative estimate of drug-likeness (QED) is 0.408. The van der Waals surface area contributed by atoms with Gasteiger partial charge in [-0.3, -0.25) is 0 Å². The van der Waals surface area contributed by atoms with Crippen LogP contribution in [-0.4, -0.2) is 19.1 Å². The summed E-state index contributed by atoms with van der Waals surface area (Å²) in [5.74, 6) is 0. The molecule has 2 nitrogen and oxygen atoms in total. The molecule has 1 unspecified atom stereocenters. The standard InChI is InChI=1S/C17H16S.C11H20N2/c1-11-8-9-15-13(3)17(18-16(15)10-11)14-7-5-4-6-12(14)2;1-2-8-13-9-7-10-3-5-11(12)6-4-10/h4-10H,1-3H3;3-5,11,13H,2,6-9,12H2,1H3. The highest BCUT2D eigenvalue weighted by molar-refractivity contribution is 7.22. The van der Waals surface area contributed by atoms with Crippen LogP contribution in [0, 0.1) is 20.8 Å². The lowest BCUT2D eigenvalue weighted by Gasteiger charge is -2.11. The minimum absolute atomic E-state index is 0.243.